The molecule has 0 unspecified atom stereocenters. The van der Waals surface area contributed by atoms with Gasteiger partial charge in [-0.1, -0.05) is 17.7 Å². The summed E-state index contributed by atoms with van der Waals surface area (Å²) in [5.41, 5.74) is 0.976. The third kappa shape index (κ3) is 3.17. The molecule has 19 heavy (non-hydrogen) atoms. The van der Waals surface area contributed by atoms with Gasteiger partial charge in [-0.15, -0.1) is 5.75 Å². The SMILES string of the molecule is Cc1ccc(S(=O)(=O)Nc2cc([O-])cc(O)c2)cc1. The highest BCUT2D eigenvalue weighted by Gasteiger charge is 2.13. The molecule has 0 amide bonds. The molecule has 0 aliphatic carbocycles. The fourth-order valence-corrected chi connectivity index (χ4v) is 2.61. The summed E-state index contributed by atoms with van der Waals surface area (Å²) in [4.78, 5) is 0.0916. The van der Waals surface area contributed by atoms with Crippen LogP contribution in [0.2, 0.25) is 0 Å². The molecule has 5 nitrogen and oxygen atoms in total. The highest BCUT2D eigenvalue weighted by Crippen LogP contribution is 2.24. The first-order valence-electron chi connectivity index (χ1n) is 5.47. The van der Waals surface area contributed by atoms with Gasteiger partial charge in [-0.2, -0.15) is 0 Å². The van der Waals surface area contributed by atoms with Crippen LogP contribution in [0.25, 0.3) is 0 Å². The number of nitrogens with one attached hydrogen (secondary N) is 1. The minimum absolute atomic E-state index is 0.0329. The van der Waals surface area contributed by atoms with Crippen LogP contribution in [0.3, 0.4) is 0 Å². The molecule has 2 aromatic carbocycles. The molecule has 2 N–H and O–H groups in total. The van der Waals surface area contributed by atoms with Crippen LogP contribution in [-0.4, -0.2) is 13.5 Å². The quantitative estimate of drug-likeness (QED) is 0.892. The summed E-state index contributed by atoms with van der Waals surface area (Å²) >= 11 is 0. The zero-order valence-corrected chi connectivity index (χ0v) is 10.9. The lowest BCUT2D eigenvalue weighted by Crippen LogP contribution is -2.13. The van der Waals surface area contributed by atoms with Crippen LogP contribution in [0, 0.1) is 6.92 Å². The summed E-state index contributed by atoms with van der Waals surface area (Å²) in [6, 6.07) is 9.57. The van der Waals surface area contributed by atoms with Gasteiger partial charge in [-0.25, -0.2) is 8.42 Å². The van der Waals surface area contributed by atoms with E-state index in [4.69, 9.17) is 0 Å². The van der Waals surface area contributed by atoms with Gasteiger partial charge in [0.1, 0.15) is 5.75 Å². The summed E-state index contributed by atoms with van der Waals surface area (Å²) in [5, 5.41) is 20.4. The van der Waals surface area contributed by atoms with Crippen molar-refractivity contribution >= 4 is 15.7 Å². The first kappa shape index (κ1) is 13.2. The Morgan fingerprint density at radius 1 is 1.11 bits per heavy atom. The fraction of sp³-hybridized carbons (Fsp3) is 0.0769. The van der Waals surface area contributed by atoms with Crippen LogP contribution < -0.4 is 9.83 Å². The van der Waals surface area contributed by atoms with Gasteiger partial charge < -0.3 is 10.2 Å². The van der Waals surface area contributed by atoms with E-state index in [1.54, 1.807) is 12.1 Å². The summed E-state index contributed by atoms with van der Waals surface area (Å²) in [7, 11) is -3.76. The van der Waals surface area contributed by atoms with E-state index in [0.717, 1.165) is 17.7 Å². The molecule has 6 heteroatoms. The topological polar surface area (TPSA) is 89.5 Å². The van der Waals surface area contributed by atoms with Gasteiger partial charge >= 0.3 is 0 Å². The first-order chi connectivity index (χ1) is 8.87. The fourth-order valence-electron chi connectivity index (χ4n) is 1.57. The lowest BCUT2D eigenvalue weighted by atomic mass is 10.2. The summed E-state index contributed by atoms with van der Waals surface area (Å²) in [5.74, 6) is -0.754. The van der Waals surface area contributed by atoms with Crippen molar-refractivity contribution in [3.63, 3.8) is 0 Å². The molecular formula is C13H12NO4S-. The average Bonchev–Trinajstić information content (AvgIpc) is 2.27. The molecule has 100 valence electrons. The molecule has 0 fully saturated rings. The second-order valence-electron chi connectivity index (χ2n) is 4.13. The van der Waals surface area contributed by atoms with E-state index >= 15 is 0 Å². The predicted octanol–water partition coefficient (Wildman–Crippen LogP) is 1.58. The van der Waals surface area contributed by atoms with Gasteiger partial charge in [0, 0.05) is 6.07 Å². The predicted molar refractivity (Wildman–Crippen MR) is 69.5 cm³/mol. The summed E-state index contributed by atoms with van der Waals surface area (Å²) in [6.45, 7) is 1.85. The molecular weight excluding hydrogens is 266 g/mol. The Hall–Kier alpha value is -2.21. The number of rotatable bonds is 3. The third-order valence-electron chi connectivity index (χ3n) is 2.47. The van der Waals surface area contributed by atoms with E-state index < -0.39 is 15.8 Å². The van der Waals surface area contributed by atoms with Crippen molar-refractivity contribution in [1.82, 2.24) is 0 Å². The summed E-state index contributed by atoms with van der Waals surface area (Å²) in [6.07, 6.45) is 0. The molecule has 0 saturated carbocycles. The number of hydrogen-bond donors (Lipinski definition) is 2. The second-order valence-corrected chi connectivity index (χ2v) is 5.82. The number of hydrogen-bond acceptors (Lipinski definition) is 4. The van der Waals surface area contributed by atoms with Gasteiger partial charge in [0.2, 0.25) is 0 Å². The number of phenols is 1. The number of aryl methyl sites for hydroxylation is 1. The normalized spacial score (nSPS) is 11.2. The summed E-state index contributed by atoms with van der Waals surface area (Å²) < 4.78 is 26.3. The first-order valence-corrected chi connectivity index (χ1v) is 6.96. The molecule has 0 radical (unpaired) electrons. The number of phenolic OH excluding ortho intramolecular Hbond substituents is 1. The third-order valence-corrected chi connectivity index (χ3v) is 3.87. The number of benzene rings is 2. The van der Waals surface area contributed by atoms with Gasteiger partial charge in [-0.05, 0) is 31.2 Å². The number of anilines is 1. The largest absolute Gasteiger partial charge is 0.872 e. The molecule has 2 rings (SSSR count). The van der Waals surface area contributed by atoms with Gasteiger partial charge in [-0.3, -0.25) is 4.72 Å². The molecule has 0 saturated heterocycles. The maximum Gasteiger partial charge on any atom is 0.261 e. The molecule has 0 bridgehead atoms. The van der Waals surface area contributed by atoms with Crippen molar-refractivity contribution < 1.29 is 18.6 Å². The second kappa shape index (κ2) is 4.81. The van der Waals surface area contributed by atoms with Crippen LogP contribution in [-0.2, 0) is 10.0 Å². The van der Waals surface area contributed by atoms with Gasteiger partial charge in [0.05, 0.1) is 10.6 Å². The van der Waals surface area contributed by atoms with Gasteiger partial charge in [0.15, 0.2) is 0 Å². The Balaban J connectivity index is 2.33. The number of aromatic hydroxyl groups is 1. The zero-order valence-electron chi connectivity index (χ0n) is 10.1. The maximum atomic E-state index is 12.0. The van der Waals surface area contributed by atoms with Crippen molar-refractivity contribution in [2.24, 2.45) is 0 Å². The standard InChI is InChI=1S/C13H13NO4S/c1-9-2-4-13(5-3-9)19(17,18)14-10-6-11(15)8-12(16)7-10/h2-8,14-16H,1H3/p-1. The van der Waals surface area contributed by atoms with Crippen LogP contribution >= 0.6 is 0 Å². The van der Waals surface area contributed by atoms with Crippen molar-refractivity contribution in [1.29, 1.82) is 0 Å². The Labute approximate surface area is 111 Å². The Morgan fingerprint density at radius 2 is 1.74 bits per heavy atom. The van der Waals surface area contributed by atoms with Crippen LogP contribution in [0.15, 0.2) is 47.4 Å². The van der Waals surface area contributed by atoms with Crippen molar-refractivity contribution in [3.8, 4) is 11.5 Å². The van der Waals surface area contributed by atoms with Crippen molar-refractivity contribution in [2.45, 2.75) is 11.8 Å². The van der Waals surface area contributed by atoms with Crippen LogP contribution in [0.5, 0.6) is 11.5 Å². The Bertz CT molecular complexity index is 673. The highest BCUT2D eigenvalue weighted by atomic mass is 32.2. The van der Waals surface area contributed by atoms with E-state index in [2.05, 4.69) is 4.72 Å². The average molecular weight is 278 g/mol. The molecule has 0 spiro atoms. The highest BCUT2D eigenvalue weighted by molar-refractivity contribution is 7.92. The van der Waals surface area contributed by atoms with Crippen LogP contribution in [0.4, 0.5) is 5.69 Å². The smallest absolute Gasteiger partial charge is 0.261 e. The monoisotopic (exact) mass is 278 g/mol. The van der Waals surface area contributed by atoms with Crippen LogP contribution in [0.1, 0.15) is 5.56 Å². The maximum absolute atomic E-state index is 12.0. The van der Waals surface area contributed by atoms with E-state index in [9.17, 15) is 18.6 Å². The number of sulfonamides is 1. The van der Waals surface area contributed by atoms with Crippen molar-refractivity contribution in [2.75, 3.05) is 4.72 Å². The van der Waals surface area contributed by atoms with E-state index in [1.807, 2.05) is 6.92 Å². The lowest BCUT2D eigenvalue weighted by molar-refractivity contribution is -0.268. The molecule has 0 aliphatic heterocycles. The van der Waals surface area contributed by atoms with Crippen molar-refractivity contribution in [3.05, 3.63) is 48.0 Å². The zero-order chi connectivity index (χ0) is 14.0. The molecule has 0 atom stereocenters. The van der Waals surface area contributed by atoms with E-state index in [1.165, 1.54) is 18.2 Å². The molecule has 2 aromatic rings. The molecule has 0 aromatic heterocycles. The molecule has 0 heterocycles. The molecule has 0 aliphatic rings. The van der Waals surface area contributed by atoms with E-state index in [0.29, 0.717) is 0 Å². The Kier molecular flexibility index (Phi) is 3.35. The van der Waals surface area contributed by atoms with Gasteiger partial charge in [0.25, 0.3) is 10.0 Å². The minimum atomic E-state index is -3.76. The lowest BCUT2D eigenvalue weighted by Gasteiger charge is -2.12. The minimum Gasteiger partial charge on any atom is -0.872 e. The Morgan fingerprint density at radius 3 is 2.32 bits per heavy atom. The van der Waals surface area contributed by atoms with E-state index in [-0.39, 0.29) is 16.3 Å².